The Kier molecular flexibility index (Phi) is 4.60. The number of carbonyl (C=O) groups is 1. The van der Waals surface area contributed by atoms with Crippen molar-refractivity contribution in [2.75, 3.05) is 12.4 Å². The first kappa shape index (κ1) is 16.4. The van der Waals surface area contributed by atoms with Crippen LogP contribution in [0.5, 0.6) is 5.75 Å². The number of aromatic nitrogens is 3. The number of hydrogen-bond acceptors (Lipinski definition) is 6. The van der Waals surface area contributed by atoms with Gasteiger partial charge in [-0.2, -0.15) is 5.10 Å². The van der Waals surface area contributed by atoms with Crippen molar-refractivity contribution in [3.63, 3.8) is 0 Å². The van der Waals surface area contributed by atoms with E-state index in [0.29, 0.717) is 5.69 Å². The minimum absolute atomic E-state index is 0.274. The maximum absolute atomic E-state index is 12.3. The van der Waals surface area contributed by atoms with Gasteiger partial charge in [0.1, 0.15) is 18.1 Å². The third-order valence-electron chi connectivity index (χ3n) is 3.65. The summed E-state index contributed by atoms with van der Waals surface area (Å²) in [6.07, 6.45) is 1.34. The lowest BCUT2D eigenvalue weighted by atomic mass is 10.1. The highest BCUT2D eigenvalue weighted by molar-refractivity contribution is 5.92. The summed E-state index contributed by atoms with van der Waals surface area (Å²) in [5.41, 5.74) is 1.00. The number of ether oxygens (including phenoxy) is 1. The molecule has 25 heavy (non-hydrogen) atoms. The molecule has 8 nitrogen and oxygen atoms in total. The standard InChI is InChI=1S/C17H16N4O4/c1-11(17(23)18-15-9-10-25-20-15)21-16(22)8-7-14(19-21)12-3-5-13(24-2)6-4-12/h3-11H,1-2H3,(H,18,20,23)/t11-/m1/s1. The molecule has 1 aromatic carbocycles. The molecule has 1 amide bonds. The number of anilines is 1. The van der Waals surface area contributed by atoms with E-state index >= 15 is 0 Å². The Morgan fingerprint density at radius 1 is 1.20 bits per heavy atom. The molecule has 0 unspecified atom stereocenters. The maximum Gasteiger partial charge on any atom is 0.267 e. The smallest absolute Gasteiger partial charge is 0.267 e. The summed E-state index contributed by atoms with van der Waals surface area (Å²) in [7, 11) is 1.59. The van der Waals surface area contributed by atoms with E-state index in [1.165, 1.54) is 18.4 Å². The topological polar surface area (TPSA) is 99.2 Å². The molecule has 0 bridgehead atoms. The van der Waals surface area contributed by atoms with Crippen LogP contribution in [0.4, 0.5) is 5.82 Å². The average Bonchev–Trinajstić information content (AvgIpc) is 3.14. The molecule has 0 fully saturated rings. The zero-order valence-corrected chi connectivity index (χ0v) is 13.7. The first-order valence-corrected chi connectivity index (χ1v) is 7.54. The molecular formula is C17H16N4O4. The molecule has 1 N–H and O–H groups in total. The molecule has 2 heterocycles. The second-order valence-electron chi connectivity index (χ2n) is 5.28. The van der Waals surface area contributed by atoms with Crippen LogP contribution in [0.15, 0.2) is 58.0 Å². The van der Waals surface area contributed by atoms with Crippen LogP contribution in [0, 0.1) is 0 Å². The number of benzene rings is 1. The number of nitrogens with zero attached hydrogens (tertiary/aromatic N) is 3. The van der Waals surface area contributed by atoms with Crippen molar-refractivity contribution in [2.24, 2.45) is 0 Å². The van der Waals surface area contributed by atoms with Crippen LogP contribution in [-0.2, 0) is 4.79 Å². The number of nitrogens with one attached hydrogen (secondary N) is 1. The van der Waals surface area contributed by atoms with Crippen LogP contribution in [0.2, 0.25) is 0 Å². The summed E-state index contributed by atoms with van der Waals surface area (Å²) in [5, 5.41) is 10.5. The molecule has 8 heteroatoms. The normalized spacial score (nSPS) is 11.8. The summed E-state index contributed by atoms with van der Waals surface area (Å²) >= 11 is 0. The van der Waals surface area contributed by atoms with Gasteiger partial charge in [-0.1, -0.05) is 5.16 Å². The van der Waals surface area contributed by atoms with E-state index in [1.807, 2.05) is 12.1 Å². The fourth-order valence-electron chi connectivity index (χ4n) is 2.24. The Labute approximate surface area is 143 Å². The van der Waals surface area contributed by atoms with Crippen molar-refractivity contribution >= 4 is 11.7 Å². The van der Waals surface area contributed by atoms with Crippen LogP contribution in [-0.4, -0.2) is 28.0 Å². The van der Waals surface area contributed by atoms with E-state index in [2.05, 4.69) is 20.1 Å². The highest BCUT2D eigenvalue weighted by Crippen LogP contribution is 2.20. The lowest BCUT2D eigenvalue weighted by molar-refractivity contribution is -0.119. The van der Waals surface area contributed by atoms with Gasteiger partial charge in [-0.3, -0.25) is 9.59 Å². The molecule has 0 aliphatic rings. The van der Waals surface area contributed by atoms with Crippen LogP contribution in [0.1, 0.15) is 13.0 Å². The van der Waals surface area contributed by atoms with Crippen LogP contribution in [0.3, 0.4) is 0 Å². The molecule has 0 aliphatic heterocycles. The Morgan fingerprint density at radius 2 is 1.96 bits per heavy atom. The van der Waals surface area contributed by atoms with Gasteiger partial charge in [0, 0.05) is 17.7 Å². The minimum atomic E-state index is -0.817. The SMILES string of the molecule is COc1ccc(-c2ccc(=O)n([C@H](C)C(=O)Nc3ccon3)n2)cc1. The minimum Gasteiger partial charge on any atom is -0.497 e. The second-order valence-corrected chi connectivity index (χ2v) is 5.28. The van der Waals surface area contributed by atoms with Gasteiger partial charge in [0.15, 0.2) is 5.82 Å². The summed E-state index contributed by atoms with van der Waals surface area (Å²) in [6.45, 7) is 1.58. The number of carbonyl (C=O) groups excluding carboxylic acids is 1. The van der Waals surface area contributed by atoms with Crippen LogP contribution >= 0.6 is 0 Å². The Hall–Kier alpha value is -3.42. The molecular weight excluding hydrogens is 324 g/mol. The third-order valence-corrected chi connectivity index (χ3v) is 3.65. The van der Waals surface area contributed by atoms with E-state index in [9.17, 15) is 9.59 Å². The molecule has 2 aromatic heterocycles. The Morgan fingerprint density at radius 3 is 2.60 bits per heavy atom. The molecule has 0 saturated carbocycles. The van der Waals surface area contributed by atoms with Gasteiger partial charge in [0.2, 0.25) is 5.91 Å². The highest BCUT2D eigenvalue weighted by Gasteiger charge is 2.19. The fourth-order valence-corrected chi connectivity index (χ4v) is 2.24. The fraction of sp³-hybridized carbons (Fsp3) is 0.176. The average molecular weight is 340 g/mol. The third kappa shape index (κ3) is 3.57. The van der Waals surface area contributed by atoms with E-state index < -0.39 is 11.9 Å². The maximum atomic E-state index is 12.3. The Bertz CT molecular complexity index is 917. The molecule has 3 aromatic rings. The molecule has 3 rings (SSSR count). The first-order valence-electron chi connectivity index (χ1n) is 7.54. The van der Waals surface area contributed by atoms with E-state index in [0.717, 1.165) is 16.0 Å². The zero-order valence-electron chi connectivity index (χ0n) is 13.7. The van der Waals surface area contributed by atoms with E-state index in [-0.39, 0.29) is 11.4 Å². The van der Waals surface area contributed by atoms with Crippen molar-refractivity contribution in [3.8, 4) is 17.0 Å². The summed E-state index contributed by atoms with van der Waals surface area (Å²) < 4.78 is 10.9. The van der Waals surface area contributed by atoms with Crippen LogP contribution < -0.4 is 15.6 Å². The van der Waals surface area contributed by atoms with Gasteiger partial charge in [0.25, 0.3) is 5.56 Å². The summed E-state index contributed by atoms with van der Waals surface area (Å²) in [4.78, 5) is 24.4. The van der Waals surface area contributed by atoms with E-state index in [4.69, 9.17) is 4.74 Å². The lowest BCUT2D eigenvalue weighted by Gasteiger charge is -2.14. The highest BCUT2D eigenvalue weighted by atomic mass is 16.5. The summed E-state index contributed by atoms with van der Waals surface area (Å²) in [6, 6.07) is 10.9. The Balaban J connectivity index is 1.87. The van der Waals surface area contributed by atoms with Gasteiger partial charge in [0.05, 0.1) is 12.8 Å². The lowest BCUT2D eigenvalue weighted by Crippen LogP contribution is -2.33. The molecule has 128 valence electrons. The van der Waals surface area contributed by atoms with E-state index in [1.54, 1.807) is 32.2 Å². The van der Waals surface area contributed by atoms with Gasteiger partial charge < -0.3 is 14.6 Å². The largest absolute Gasteiger partial charge is 0.497 e. The monoisotopic (exact) mass is 340 g/mol. The van der Waals surface area contributed by atoms with Crippen molar-refractivity contribution in [1.29, 1.82) is 0 Å². The molecule has 1 atom stereocenters. The van der Waals surface area contributed by atoms with Crippen molar-refractivity contribution < 1.29 is 14.1 Å². The molecule has 0 aliphatic carbocycles. The van der Waals surface area contributed by atoms with Crippen molar-refractivity contribution in [3.05, 3.63) is 59.1 Å². The van der Waals surface area contributed by atoms with Crippen LogP contribution in [0.25, 0.3) is 11.3 Å². The van der Waals surface area contributed by atoms with Gasteiger partial charge in [-0.05, 0) is 37.3 Å². The first-order chi connectivity index (χ1) is 12.1. The quantitative estimate of drug-likeness (QED) is 0.763. The molecule has 0 spiro atoms. The number of amides is 1. The number of rotatable bonds is 5. The van der Waals surface area contributed by atoms with Gasteiger partial charge >= 0.3 is 0 Å². The van der Waals surface area contributed by atoms with Crippen molar-refractivity contribution in [1.82, 2.24) is 14.9 Å². The van der Waals surface area contributed by atoms with Crippen molar-refractivity contribution in [2.45, 2.75) is 13.0 Å². The molecule has 0 saturated heterocycles. The second kappa shape index (κ2) is 7.00. The number of methoxy groups -OCH3 is 1. The summed E-state index contributed by atoms with van der Waals surface area (Å²) in [5.74, 6) is 0.573. The number of hydrogen-bond donors (Lipinski definition) is 1. The van der Waals surface area contributed by atoms with Gasteiger partial charge in [-0.15, -0.1) is 0 Å². The zero-order chi connectivity index (χ0) is 17.8. The predicted octanol–water partition coefficient (Wildman–Crippen LogP) is 2.11. The predicted molar refractivity (Wildman–Crippen MR) is 90.3 cm³/mol. The van der Waals surface area contributed by atoms with Gasteiger partial charge in [-0.25, -0.2) is 4.68 Å². The molecule has 0 radical (unpaired) electrons.